The number of hydrogen-bond donors (Lipinski definition) is 1. The third kappa shape index (κ3) is 4.82. The van der Waals surface area contributed by atoms with Crippen molar-refractivity contribution < 1.29 is 8.42 Å². The first-order chi connectivity index (χ1) is 10.1. The summed E-state index contributed by atoms with van der Waals surface area (Å²) in [5.74, 6) is 0.373. The highest BCUT2D eigenvalue weighted by atomic mass is 32.2. The van der Waals surface area contributed by atoms with Gasteiger partial charge in [-0.3, -0.25) is 0 Å². The van der Waals surface area contributed by atoms with Crippen molar-refractivity contribution in [1.29, 1.82) is 0 Å². The summed E-state index contributed by atoms with van der Waals surface area (Å²) >= 11 is 0. The van der Waals surface area contributed by atoms with Crippen molar-refractivity contribution in [2.75, 3.05) is 12.3 Å². The van der Waals surface area contributed by atoms with E-state index in [0.29, 0.717) is 5.75 Å². The highest BCUT2D eigenvalue weighted by molar-refractivity contribution is 7.92. The number of aryl methyl sites for hydroxylation is 1. The summed E-state index contributed by atoms with van der Waals surface area (Å²) in [5, 5.41) is 3.24. The lowest BCUT2D eigenvalue weighted by Gasteiger charge is -2.30. The molecule has 0 saturated carbocycles. The maximum Gasteiger partial charge on any atom is 0.154 e. The van der Waals surface area contributed by atoms with E-state index in [9.17, 15) is 8.42 Å². The molecule has 0 aromatic heterocycles. The molecule has 2 atom stereocenters. The molecule has 0 radical (unpaired) electrons. The molecule has 0 amide bonds. The highest BCUT2D eigenvalue weighted by Crippen LogP contribution is 2.24. The molecule has 21 heavy (non-hydrogen) atoms. The number of benzene rings is 1. The van der Waals surface area contributed by atoms with Crippen LogP contribution in [0.2, 0.25) is 0 Å². The summed E-state index contributed by atoms with van der Waals surface area (Å²) in [5.41, 5.74) is 1.33. The van der Waals surface area contributed by atoms with Crippen molar-refractivity contribution in [3.63, 3.8) is 0 Å². The van der Waals surface area contributed by atoms with Crippen LogP contribution in [0.25, 0.3) is 0 Å². The van der Waals surface area contributed by atoms with E-state index in [1.54, 1.807) is 0 Å². The van der Waals surface area contributed by atoms with Gasteiger partial charge in [-0.05, 0) is 44.2 Å². The Morgan fingerprint density at radius 2 is 2.00 bits per heavy atom. The van der Waals surface area contributed by atoms with Crippen LogP contribution in [0, 0.1) is 0 Å². The van der Waals surface area contributed by atoms with Crippen molar-refractivity contribution in [1.82, 2.24) is 5.32 Å². The van der Waals surface area contributed by atoms with E-state index in [1.807, 2.05) is 6.07 Å². The Morgan fingerprint density at radius 3 is 2.67 bits per heavy atom. The molecule has 118 valence electrons. The molecule has 0 aliphatic carbocycles. The van der Waals surface area contributed by atoms with Crippen molar-refractivity contribution >= 4 is 9.84 Å². The molecule has 1 heterocycles. The van der Waals surface area contributed by atoms with Crippen LogP contribution in [0.5, 0.6) is 0 Å². The summed E-state index contributed by atoms with van der Waals surface area (Å²) in [6.07, 6.45) is 5.70. The van der Waals surface area contributed by atoms with Gasteiger partial charge in [-0.2, -0.15) is 0 Å². The number of rotatable bonds is 7. The van der Waals surface area contributed by atoms with E-state index < -0.39 is 9.84 Å². The molecular weight excluding hydrogens is 282 g/mol. The Bertz CT molecular complexity index is 513. The molecule has 1 saturated heterocycles. The van der Waals surface area contributed by atoms with E-state index in [2.05, 4.69) is 36.5 Å². The Kier molecular flexibility index (Phi) is 6.24. The van der Waals surface area contributed by atoms with Crippen molar-refractivity contribution in [2.24, 2.45) is 0 Å². The summed E-state index contributed by atoms with van der Waals surface area (Å²) in [4.78, 5) is 0. The van der Waals surface area contributed by atoms with E-state index in [4.69, 9.17) is 0 Å². The molecule has 1 aromatic carbocycles. The van der Waals surface area contributed by atoms with Gasteiger partial charge in [-0.15, -0.1) is 0 Å². The molecular formula is C17H27NO2S. The van der Waals surface area contributed by atoms with Gasteiger partial charge in [0.25, 0.3) is 0 Å². The maximum atomic E-state index is 12.3. The number of nitrogens with one attached hydrogen (secondary N) is 1. The molecule has 1 fully saturated rings. The zero-order valence-electron chi connectivity index (χ0n) is 12.9. The van der Waals surface area contributed by atoms with Crippen LogP contribution < -0.4 is 5.32 Å². The Morgan fingerprint density at radius 1 is 1.24 bits per heavy atom. The van der Waals surface area contributed by atoms with Crippen molar-refractivity contribution in [3.8, 4) is 0 Å². The molecule has 2 unspecified atom stereocenters. The van der Waals surface area contributed by atoms with Crippen LogP contribution in [0.4, 0.5) is 0 Å². The van der Waals surface area contributed by atoms with Crippen LogP contribution in [-0.4, -0.2) is 32.0 Å². The molecule has 3 nitrogen and oxygen atoms in total. The predicted octanol–water partition coefficient (Wildman–Crippen LogP) is 2.95. The van der Waals surface area contributed by atoms with Gasteiger partial charge in [-0.1, -0.05) is 43.7 Å². The molecule has 4 heteroatoms. The summed E-state index contributed by atoms with van der Waals surface area (Å²) in [7, 11) is -2.90. The Balaban J connectivity index is 1.92. The minimum absolute atomic E-state index is 0.115. The van der Waals surface area contributed by atoms with E-state index in [1.165, 1.54) is 5.56 Å². The fourth-order valence-electron chi connectivity index (χ4n) is 3.28. The second kappa shape index (κ2) is 7.95. The fraction of sp³-hybridized carbons (Fsp3) is 0.647. The molecule has 0 spiro atoms. The number of sulfone groups is 1. The first kappa shape index (κ1) is 16.5. The van der Waals surface area contributed by atoms with Crippen molar-refractivity contribution in [2.45, 2.75) is 56.7 Å². The Labute approximate surface area is 129 Å². The van der Waals surface area contributed by atoms with Gasteiger partial charge in [-0.25, -0.2) is 8.42 Å². The predicted molar refractivity (Wildman–Crippen MR) is 88.3 cm³/mol. The van der Waals surface area contributed by atoms with Gasteiger partial charge in [0, 0.05) is 6.04 Å². The second-order valence-electron chi connectivity index (χ2n) is 5.94. The molecule has 1 aliphatic rings. The quantitative estimate of drug-likeness (QED) is 0.842. The monoisotopic (exact) mass is 309 g/mol. The molecule has 1 N–H and O–H groups in total. The normalized spacial score (nSPS) is 22.8. The van der Waals surface area contributed by atoms with E-state index in [-0.39, 0.29) is 11.3 Å². The Hall–Kier alpha value is -0.870. The minimum atomic E-state index is -2.90. The van der Waals surface area contributed by atoms with Crippen LogP contribution in [0.15, 0.2) is 30.3 Å². The van der Waals surface area contributed by atoms with Crippen LogP contribution in [0.3, 0.4) is 0 Å². The summed E-state index contributed by atoms with van der Waals surface area (Å²) in [6.45, 7) is 2.89. The van der Waals surface area contributed by atoms with Gasteiger partial charge in [0.1, 0.15) is 0 Å². The van der Waals surface area contributed by atoms with Crippen LogP contribution in [-0.2, 0) is 16.3 Å². The molecule has 1 aromatic rings. The lowest BCUT2D eigenvalue weighted by Crippen LogP contribution is -2.46. The van der Waals surface area contributed by atoms with Gasteiger partial charge in [0.05, 0.1) is 11.0 Å². The molecule has 1 aliphatic heterocycles. The molecule has 2 rings (SSSR count). The topological polar surface area (TPSA) is 46.2 Å². The smallest absolute Gasteiger partial charge is 0.154 e. The maximum absolute atomic E-state index is 12.3. The number of hydrogen-bond acceptors (Lipinski definition) is 3. The van der Waals surface area contributed by atoms with Crippen LogP contribution >= 0.6 is 0 Å². The van der Waals surface area contributed by atoms with Gasteiger partial charge < -0.3 is 5.32 Å². The van der Waals surface area contributed by atoms with Crippen molar-refractivity contribution in [3.05, 3.63) is 35.9 Å². The third-order valence-corrected chi connectivity index (χ3v) is 6.71. The largest absolute Gasteiger partial charge is 0.313 e. The average Bonchev–Trinajstić information content (AvgIpc) is 2.47. The SMILES string of the molecule is CCNC(CCCc1ccccc1)C1CCCCS1(=O)=O. The van der Waals surface area contributed by atoms with Gasteiger partial charge in [0.15, 0.2) is 9.84 Å². The zero-order valence-corrected chi connectivity index (χ0v) is 13.7. The zero-order chi connectivity index (χ0) is 15.1. The lowest BCUT2D eigenvalue weighted by atomic mass is 9.99. The first-order valence-electron chi connectivity index (χ1n) is 8.12. The van der Waals surface area contributed by atoms with Gasteiger partial charge >= 0.3 is 0 Å². The average molecular weight is 309 g/mol. The fourth-order valence-corrected chi connectivity index (χ4v) is 5.45. The standard InChI is InChI=1S/C17H27NO2S/c1-2-18-16(17-13-6-7-14-21(17,19)20)12-8-11-15-9-4-3-5-10-15/h3-5,9-10,16-18H,2,6-8,11-14H2,1H3. The van der Waals surface area contributed by atoms with E-state index >= 15 is 0 Å². The third-order valence-electron chi connectivity index (χ3n) is 4.37. The minimum Gasteiger partial charge on any atom is -0.313 e. The lowest BCUT2D eigenvalue weighted by molar-refractivity contribution is 0.416. The first-order valence-corrected chi connectivity index (χ1v) is 9.84. The second-order valence-corrected chi connectivity index (χ2v) is 8.28. The highest BCUT2D eigenvalue weighted by Gasteiger charge is 2.34. The summed E-state index contributed by atoms with van der Waals surface area (Å²) in [6, 6.07) is 10.5. The summed E-state index contributed by atoms with van der Waals surface area (Å²) < 4.78 is 24.6. The van der Waals surface area contributed by atoms with Crippen LogP contribution in [0.1, 0.15) is 44.6 Å². The molecule has 0 bridgehead atoms. The van der Waals surface area contributed by atoms with Gasteiger partial charge in [0.2, 0.25) is 0 Å². The van der Waals surface area contributed by atoms with E-state index in [0.717, 1.165) is 45.1 Å².